The highest BCUT2D eigenvalue weighted by atomic mass is 16.5. The van der Waals surface area contributed by atoms with E-state index >= 15 is 0 Å². The molecule has 2 heteroatoms. The Kier molecular flexibility index (Phi) is 6.57. The van der Waals surface area contributed by atoms with E-state index in [2.05, 4.69) is 59.4 Å². The fraction of sp³-hybridized carbons (Fsp3) is 0.731. The van der Waals surface area contributed by atoms with Gasteiger partial charge in [0.1, 0.15) is 11.9 Å². The lowest BCUT2D eigenvalue weighted by Crippen LogP contribution is -2.32. The van der Waals surface area contributed by atoms with Gasteiger partial charge in [0.05, 0.1) is 5.76 Å². The van der Waals surface area contributed by atoms with Gasteiger partial charge in [0, 0.05) is 18.3 Å². The van der Waals surface area contributed by atoms with Crippen molar-refractivity contribution in [2.24, 2.45) is 35.0 Å². The molecule has 1 saturated carbocycles. The van der Waals surface area contributed by atoms with Crippen molar-refractivity contribution in [3.05, 3.63) is 36.1 Å². The quantitative estimate of drug-likeness (QED) is 0.483. The molecule has 0 heterocycles. The molecule has 2 nitrogen and oxygen atoms in total. The number of carbonyl (C=O) groups excluding carboxylic acids is 1. The summed E-state index contributed by atoms with van der Waals surface area (Å²) < 4.78 is 6.13. The van der Waals surface area contributed by atoms with Gasteiger partial charge in [-0.1, -0.05) is 59.4 Å². The summed E-state index contributed by atoms with van der Waals surface area (Å²) in [7, 11) is 0. The fourth-order valence-corrected chi connectivity index (χ4v) is 5.33. The van der Waals surface area contributed by atoms with Gasteiger partial charge in [-0.25, -0.2) is 0 Å². The maximum absolute atomic E-state index is 12.4. The maximum Gasteiger partial charge on any atom is 0.136 e. The normalized spacial score (nSPS) is 35.9. The van der Waals surface area contributed by atoms with Crippen molar-refractivity contribution in [1.82, 2.24) is 0 Å². The number of Topliss-reactive ketones (excluding diaryl/α,β-unsaturated/α-hetero) is 1. The van der Waals surface area contributed by atoms with Crippen LogP contribution in [0, 0.1) is 35.0 Å². The van der Waals surface area contributed by atoms with Gasteiger partial charge in [-0.15, -0.1) is 0 Å². The van der Waals surface area contributed by atoms with Crippen LogP contribution in [0.4, 0.5) is 0 Å². The Balaban J connectivity index is 1.59. The summed E-state index contributed by atoms with van der Waals surface area (Å²) in [6.07, 6.45) is 14.6. The molecule has 0 spiro atoms. The average Bonchev–Trinajstić information content (AvgIpc) is 2.59. The molecule has 1 fully saturated rings. The van der Waals surface area contributed by atoms with Crippen LogP contribution in [0.3, 0.4) is 0 Å². The lowest BCUT2D eigenvalue weighted by Gasteiger charge is -2.39. The number of rotatable bonds is 5. The highest BCUT2D eigenvalue weighted by Gasteiger charge is 2.35. The van der Waals surface area contributed by atoms with E-state index in [-0.39, 0.29) is 11.5 Å². The number of ketones is 1. The topological polar surface area (TPSA) is 26.3 Å². The molecule has 156 valence electrons. The van der Waals surface area contributed by atoms with Crippen LogP contribution < -0.4 is 0 Å². The van der Waals surface area contributed by atoms with Crippen molar-refractivity contribution in [2.45, 2.75) is 85.7 Å². The van der Waals surface area contributed by atoms with Gasteiger partial charge in [-0.05, 0) is 67.3 Å². The lowest BCUT2D eigenvalue weighted by atomic mass is 9.66. The monoisotopic (exact) mass is 384 g/mol. The van der Waals surface area contributed by atoms with Gasteiger partial charge in [0.15, 0.2) is 0 Å². The summed E-state index contributed by atoms with van der Waals surface area (Å²) in [6.45, 7) is 15.2. The van der Waals surface area contributed by atoms with Crippen molar-refractivity contribution < 1.29 is 9.53 Å². The van der Waals surface area contributed by atoms with E-state index in [4.69, 9.17) is 4.74 Å². The van der Waals surface area contributed by atoms with Gasteiger partial charge in [0.25, 0.3) is 0 Å². The molecule has 0 aliphatic heterocycles. The highest BCUT2D eigenvalue weighted by molar-refractivity contribution is 5.80. The van der Waals surface area contributed by atoms with E-state index in [0.29, 0.717) is 24.0 Å². The van der Waals surface area contributed by atoms with Crippen LogP contribution in [0.1, 0.15) is 79.6 Å². The summed E-state index contributed by atoms with van der Waals surface area (Å²) in [4.78, 5) is 12.4. The molecule has 3 rings (SSSR count). The third-order valence-electron chi connectivity index (χ3n) is 7.24. The minimum Gasteiger partial charge on any atom is -0.494 e. The molecule has 0 aromatic rings. The number of allylic oxidation sites excluding steroid dienone is 5. The second kappa shape index (κ2) is 8.59. The average molecular weight is 385 g/mol. The predicted molar refractivity (Wildman–Crippen MR) is 117 cm³/mol. The maximum atomic E-state index is 12.4. The van der Waals surface area contributed by atoms with Crippen molar-refractivity contribution in [1.29, 1.82) is 0 Å². The Morgan fingerprint density at radius 2 is 1.93 bits per heavy atom. The zero-order valence-electron chi connectivity index (χ0n) is 18.7. The second-order valence-electron chi connectivity index (χ2n) is 10.7. The molecule has 0 N–H and O–H groups in total. The van der Waals surface area contributed by atoms with Crippen molar-refractivity contribution in [2.75, 3.05) is 0 Å². The van der Waals surface area contributed by atoms with Crippen molar-refractivity contribution >= 4 is 5.78 Å². The Labute approximate surface area is 172 Å². The second-order valence-corrected chi connectivity index (χ2v) is 10.7. The first-order valence-corrected chi connectivity index (χ1v) is 11.4. The summed E-state index contributed by atoms with van der Waals surface area (Å²) >= 11 is 0. The number of hydrogen-bond donors (Lipinski definition) is 0. The zero-order valence-corrected chi connectivity index (χ0v) is 18.7. The van der Waals surface area contributed by atoms with Crippen LogP contribution in [-0.4, -0.2) is 11.9 Å². The van der Waals surface area contributed by atoms with Gasteiger partial charge < -0.3 is 4.74 Å². The molecule has 0 saturated heterocycles. The van der Waals surface area contributed by atoms with E-state index in [1.165, 1.54) is 19.3 Å². The van der Waals surface area contributed by atoms with E-state index < -0.39 is 0 Å². The third kappa shape index (κ3) is 5.19. The van der Waals surface area contributed by atoms with Crippen LogP contribution in [0.5, 0.6) is 0 Å². The number of fused-ring (bicyclic) bond motifs is 1. The Hall–Kier alpha value is -1.31. The van der Waals surface area contributed by atoms with Crippen LogP contribution in [-0.2, 0) is 9.53 Å². The molecule has 3 aliphatic rings. The number of ether oxygens (including phenoxy) is 1. The summed E-state index contributed by atoms with van der Waals surface area (Å²) in [5.74, 6) is 4.45. The molecule has 3 aliphatic carbocycles. The Bertz CT molecular complexity index is 648. The Morgan fingerprint density at radius 1 is 1.18 bits per heavy atom. The largest absolute Gasteiger partial charge is 0.494 e. The number of hydrogen-bond acceptors (Lipinski definition) is 2. The molecule has 0 bridgehead atoms. The van der Waals surface area contributed by atoms with E-state index in [1.807, 2.05) is 0 Å². The van der Waals surface area contributed by atoms with Crippen LogP contribution >= 0.6 is 0 Å². The Morgan fingerprint density at radius 3 is 2.64 bits per heavy atom. The van der Waals surface area contributed by atoms with Crippen LogP contribution in [0.15, 0.2) is 36.1 Å². The van der Waals surface area contributed by atoms with E-state index in [0.717, 1.165) is 42.8 Å². The van der Waals surface area contributed by atoms with E-state index in [1.54, 1.807) is 5.57 Å². The standard InChI is InChI=1S/C26H40O2/c1-17-7-11-25-21(13-17)10-8-18(2)24(25)12-9-20-14-22(27)16-23(15-20)28-19(3)26(4,5)6/h8,10,13,17-18,20,23-25H,3,7,9,11-12,14-16H2,1-2,4-6H3/t17-,18+,20+,23-,24+,25+/m1/s1. The van der Waals surface area contributed by atoms with Gasteiger partial charge in [-0.3, -0.25) is 4.79 Å². The van der Waals surface area contributed by atoms with Gasteiger partial charge in [-0.2, -0.15) is 0 Å². The first kappa shape index (κ1) is 21.4. The summed E-state index contributed by atoms with van der Waals surface area (Å²) in [6, 6.07) is 0. The van der Waals surface area contributed by atoms with Gasteiger partial charge >= 0.3 is 0 Å². The van der Waals surface area contributed by atoms with Crippen molar-refractivity contribution in [3.63, 3.8) is 0 Å². The molecule has 0 aromatic heterocycles. The van der Waals surface area contributed by atoms with Gasteiger partial charge in [0.2, 0.25) is 0 Å². The first-order valence-electron chi connectivity index (χ1n) is 11.4. The zero-order chi connectivity index (χ0) is 20.5. The molecular formula is C26H40O2. The minimum atomic E-state index is -0.0687. The molecular weight excluding hydrogens is 344 g/mol. The minimum absolute atomic E-state index is 0.0210. The third-order valence-corrected chi connectivity index (χ3v) is 7.24. The molecule has 0 amide bonds. The molecule has 0 unspecified atom stereocenters. The molecule has 0 radical (unpaired) electrons. The van der Waals surface area contributed by atoms with Crippen LogP contribution in [0.2, 0.25) is 0 Å². The lowest BCUT2D eigenvalue weighted by molar-refractivity contribution is -0.126. The summed E-state index contributed by atoms with van der Waals surface area (Å²) in [5.41, 5.74) is 1.50. The number of carbonyl (C=O) groups is 1. The predicted octanol–water partition coefficient (Wildman–Crippen LogP) is 6.88. The van der Waals surface area contributed by atoms with Crippen LogP contribution in [0.25, 0.3) is 0 Å². The van der Waals surface area contributed by atoms with E-state index in [9.17, 15) is 4.79 Å². The molecule has 0 aromatic carbocycles. The SMILES string of the molecule is C=C(O[C@H]1CC(=O)C[C@H](CC[C@H]2[C@@H](C)C=CC3=C[C@H](C)CC[C@@H]32)C1)C(C)(C)C. The molecule has 28 heavy (non-hydrogen) atoms. The molecule has 6 atom stereocenters. The van der Waals surface area contributed by atoms with Crippen molar-refractivity contribution in [3.8, 4) is 0 Å². The fourth-order valence-electron chi connectivity index (χ4n) is 5.33. The first-order chi connectivity index (χ1) is 13.1. The highest BCUT2D eigenvalue weighted by Crippen LogP contribution is 2.44. The smallest absolute Gasteiger partial charge is 0.136 e. The summed E-state index contributed by atoms with van der Waals surface area (Å²) in [5, 5.41) is 0.